The molecule has 0 spiro atoms. The summed E-state index contributed by atoms with van der Waals surface area (Å²) in [6.07, 6.45) is 5.78. The number of aliphatic hydroxyl groups is 1. The molecule has 0 saturated carbocycles. The molecule has 1 fully saturated rings. The van der Waals surface area contributed by atoms with Gasteiger partial charge in [-0.15, -0.1) is 0 Å². The molecule has 2 rings (SSSR count). The Hall–Kier alpha value is -1.07. The summed E-state index contributed by atoms with van der Waals surface area (Å²) in [7, 11) is 1.56. The maximum absolute atomic E-state index is 9.52. The first-order chi connectivity index (χ1) is 8.77. The van der Waals surface area contributed by atoms with Crippen LogP contribution in [-0.4, -0.2) is 41.4 Å². The molecule has 0 amide bonds. The van der Waals surface area contributed by atoms with Crippen LogP contribution in [-0.2, 0) is 0 Å². The van der Waals surface area contributed by atoms with Crippen molar-refractivity contribution in [2.24, 2.45) is 0 Å². The molecule has 2 heterocycles. The lowest BCUT2D eigenvalue weighted by molar-refractivity contribution is 0.254. The topological polar surface area (TPSA) is 58.5 Å². The highest BCUT2D eigenvalue weighted by molar-refractivity contribution is 6.31. The van der Waals surface area contributed by atoms with Gasteiger partial charge in [-0.3, -0.25) is 0 Å². The molecular formula is C12H18ClN3O2. The Morgan fingerprint density at radius 1 is 1.44 bits per heavy atom. The van der Waals surface area contributed by atoms with E-state index in [9.17, 15) is 5.11 Å². The van der Waals surface area contributed by atoms with Crippen molar-refractivity contribution in [2.45, 2.75) is 31.7 Å². The van der Waals surface area contributed by atoms with Gasteiger partial charge in [-0.05, 0) is 12.8 Å². The maximum atomic E-state index is 9.52. The zero-order valence-electron chi connectivity index (χ0n) is 10.5. The predicted molar refractivity (Wildman–Crippen MR) is 70.3 cm³/mol. The van der Waals surface area contributed by atoms with Crippen LogP contribution in [0.3, 0.4) is 0 Å². The monoisotopic (exact) mass is 271 g/mol. The normalized spacial score (nSPS) is 20.6. The number of anilines is 1. The van der Waals surface area contributed by atoms with Crippen LogP contribution in [0.5, 0.6) is 5.75 Å². The lowest BCUT2D eigenvalue weighted by Crippen LogP contribution is -2.38. The number of halogens is 1. The summed E-state index contributed by atoms with van der Waals surface area (Å²) in [4.78, 5) is 10.3. The van der Waals surface area contributed by atoms with Gasteiger partial charge in [-0.1, -0.05) is 24.4 Å². The quantitative estimate of drug-likeness (QED) is 0.851. The molecule has 1 aromatic heterocycles. The van der Waals surface area contributed by atoms with Crippen molar-refractivity contribution >= 4 is 17.4 Å². The third-order valence-electron chi connectivity index (χ3n) is 3.31. The highest BCUT2D eigenvalue weighted by Crippen LogP contribution is 2.34. The van der Waals surface area contributed by atoms with Crippen molar-refractivity contribution in [2.75, 3.05) is 25.2 Å². The van der Waals surface area contributed by atoms with Crippen LogP contribution in [0.15, 0.2) is 6.33 Å². The number of aliphatic hydroxyl groups excluding tert-OH is 1. The van der Waals surface area contributed by atoms with Crippen LogP contribution < -0.4 is 9.64 Å². The first kappa shape index (κ1) is 13.4. The fourth-order valence-electron chi connectivity index (χ4n) is 2.37. The van der Waals surface area contributed by atoms with E-state index in [1.54, 1.807) is 7.11 Å². The van der Waals surface area contributed by atoms with Crippen LogP contribution >= 0.6 is 11.6 Å². The van der Waals surface area contributed by atoms with E-state index in [-0.39, 0.29) is 12.6 Å². The Bertz CT molecular complexity index is 403. The number of methoxy groups -OCH3 is 1. The average molecular weight is 272 g/mol. The van der Waals surface area contributed by atoms with Crippen molar-refractivity contribution in [1.29, 1.82) is 0 Å². The predicted octanol–water partition coefficient (Wildman–Crippen LogP) is 1.88. The van der Waals surface area contributed by atoms with Gasteiger partial charge in [0.05, 0.1) is 19.8 Å². The Morgan fingerprint density at radius 3 is 3.00 bits per heavy atom. The Kier molecular flexibility index (Phi) is 4.60. The lowest BCUT2D eigenvalue weighted by Gasteiger charge is -2.30. The van der Waals surface area contributed by atoms with E-state index in [1.165, 1.54) is 12.7 Å². The molecule has 1 atom stereocenters. The van der Waals surface area contributed by atoms with E-state index in [0.717, 1.165) is 25.8 Å². The molecule has 5 nitrogen and oxygen atoms in total. The van der Waals surface area contributed by atoms with Crippen LogP contribution in [0.2, 0.25) is 5.15 Å². The molecule has 1 saturated heterocycles. The molecule has 1 aromatic rings. The molecule has 18 heavy (non-hydrogen) atoms. The van der Waals surface area contributed by atoms with Gasteiger partial charge in [0.1, 0.15) is 6.33 Å². The minimum absolute atomic E-state index is 0.0763. The molecular weight excluding hydrogens is 254 g/mol. The smallest absolute Gasteiger partial charge is 0.199 e. The zero-order valence-corrected chi connectivity index (χ0v) is 11.2. The van der Waals surface area contributed by atoms with Gasteiger partial charge < -0.3 is 14.7 Å². The van der Waals surface area contributed by atoms with Crippen molar-refractivity contribution in [3.05, 3.63) is 11.5 Å². The van der Waals surface area contributed by atoms with Gasteiger partial charge in [-0.25, -0.2) is 9.97 Å². The fourth-order valence-corrected chi connectivity index (χ4v) is 2.58. The highest BCUT2D eigenvalue weighted by atomic mass is 35.5. The van der Waals surface area contributed by atoms with Crippen molar-refractivity contribution in [1.82, 2.24) is 9.97 Å². The number of aromatic nitrogens is 2. The largest absolute Gasteiger partial charge is 0.490 e. The first-order valence-electron chi connectivity index (χ1n) is 6.20. The summed E-state index contributed by atoms with van der Waals surface area (Å²) >= 11 is 6.02. The molecule has 1 N–H and O–H groups in total. The summed E-state index contributed by atoms with van der Waals surface area (Å²) < 4.78 is 5.28. The van der Waals surface area contributed by atoms with Crippen molar-refractivity contribution in [3.63, 3.8) is 0 Å². The highest BCUT2D eigenvalue weighted by Gasteiger charge is 2.25. The third kappa shape index (κ3) is 2.67. The minimum Gasteiger partial charge on any atom is -0.490 e. The van der Waals surface area contributed by atoms with Gasteiger partial charge in [-0.2, -0.15) is 0 Å². The number of nitrogens with zero attached hydrogens (tertiary/aromatic N) is 3. The Balaban J connectivity index is 2.35. The molecule has 1 unspecified atom stereocenters. The number of hydrogen-bond acceptors (Lipinski definition) is 5. The molecule has 0 aromatic carbocycles. The van der Waals surface area contributed by atoms with Gasteiger partial charge >= 0.3 is 0 Å². The molecule has 100 valence electrons. The standard InChI is InChI=1S/C12H18ClN3O2/c1-18-10-11(13)14-8-15-12(10)16-6-4-2-3-5-9(16)7-17/h8-9,17H,2-7H2,1H3. The second-order valence-electron chi connectivity index (χ2n) is 4.40. The summed E-state index contributed by atoms with van der Waals surface area (Å²) in [5, 5.41) is 9.83. The molecule has 0 radical (unpaired) electrons. The van der Waals surface area contributed by atoms with Crippen LogP contribution in [0.25, 0.3) is 0 Å². The van der Waals surface area contributed by atoms with E-state index in [2.05, 4.69) is 14.9 Å². The second-order valence-corrected chi connectivity index (χ2v) is 4.76. The van der Waals surface area contributed by atoms with E-state index >= 15 is 0 Å². The maximum Gasteiger partial charge on any atom is 0.199 e. The summed E-state index contributed by atoms with van der Waals surface area (Å²) in [5.41, 5.74) is 0. The molecule has 6 heteroatoms. The number of hydrogen-bond donors (Lipinski definition) is 1. The minimum atomic E-state index is 0.0763. The van der Waals surface area contributed by atoms with Gasteiger partial charge in [0, 0.05) is 6.54 Å². The Labute approximate surface area is 112 Å². The van der Waals surface area contributed by atoms with Gasteiger partial charge in [0.2, 0.25) is 0 Å². The molecule has 0 bridgehead atoms. The van der Waals surface area contributed by atoms with Gasteiger partial charge in [0.15, 0.2) is 16.7 Å². The zero-order chi connectivity index (χ0) is 13.0. The Morgan fingerprint density at radius 2 is 2.28 bits per heavy atom. The first-order valence-corrected chi connectivity index (χ1v) is 6.57. The molecule has 0 aliphatic carbocycles. The van der Waals surface area contributed by atoms with Crippen LogP contribution in [0.4, 0.5) is 5.82 Å². The lowest BCUT2D eigenvalue weighted by atomic mass is 10.1. The van der Waals surface area contributed by atoms with E-state index in [1.807, 2.05) is 0 Å². The van der Waals surface area contributed by atoms with Crippen LogP contribution in [0, 0.1) is 0 Å². The van der Waals surface area contributed by atoms with E-state index < -0.39 is 0 Å². The van der Waals surface area contributed by atoms with E-state index in [0.29, 0.717) is 16.7 Å². The van der Waals surface area contributed by atoms with E-state index in [4.69, 9.17) is 16.3 Å². The molecule has 1 aliphatic rings. The third-order valence-corrected chi connectivity index (χ3v) is 3.57. The molecule has 1 aliphatic heterocycles. The SMILES string of the molecule is COc1c(Cl)ncnc1N1CCCCCC1CO. The van der Waals surface area contributed by atoms with Crippen molar-refractivity contribution < 1.29 is 9.84 Å². The number of rotatable bonds is 3. The van der Waals surface area contributed by atoms with Crippen molar-refractivity contribution in [3.8, 4) is 5.75 Å². The summed E-state index contributed by atoms with van der Waals surface area (Å²) in [5.74, 6) is 1.16. The number of ether oxygens (including phenoxy) is 1. The van der Waals surface area contributed by atoms with Crippen LogP contribution in [0.1, 0.15) is 25.7 Å². The summed E-state index contributed by atoms with van der Waals surface area (Å²) in [6, 6.07) is 0.0763. The average Bonchev–Trinajstić information content (AvgIpc) is 2.63. The summed E-state index contributed by atoms with van der Waals surface area (Å²) in [6.45, 7) is 0.972. The fraction of sp³-hybridized carbons (Fsp3) is 0.667. The van der Waals surface area contributed by atoms with Gasteiger partial charge in [0.25, 0.3) is 0 Å². The second kappa shape index (κ2) is 6.20.